The maximum atomic E-state index is 14.5. The highest BCUT2D eigenvalue weighted by molar-refractivity contribution is 5.75. The molecule has 0 fully saturated rings. The van der Waals surface area contributed by atoms with Gasteiger partial charge < -0.3 is 10.2 Å². The lowest BCUT2D eigenvalue weighted by Crippen LogP contribution is -2.37. The van der Waals surface area contributed by atoms with Crippen LogP contribution in [-0.4, -0.2) is 32.5 Å². The molecule has 0 aromatic carbocycles. The molecule has 0 spiro atoms. The van der Waals surface area contributed by atoms with E-state index in [1.165, 1.54) is 22.0 Å². The molecule has 138 valence electrons. The average Bonchev–Trinajstić information content (AvgIpc) is 3.24. The highest BCUT2D eigenvalue weighted by atomic mass is 19.1. The molecule has 3 aromatic heterocycles. The van der Waals surface area contributed by atoms with Crippen molar-refractivity contribution >= 4 is 11.2 Å². The minimum atomic E-state index is -0.409. The summed E-state index contributed by atoms with van der Waals surface area (Å²) in [5.74, 6) is -0.409. The van der Waals surface area contributed by atoms with Crippen molar-refractivity contribution in [3.05, 3.63) is 46.8 Å². The van der Waals surface area contributed by atoms with Crippen molar-refractivity contribution in [1.29, 1.82) is 5.26 Å². The number of aromatic nitrogens is 4. The molecule has 2 aliphatic heterocycles. The summed E-state index contributed by atoms with van der Waals surface area (Å²) in [6, 6.07) is 6.03. The minimum Gasteiger partial charge on any atom is -0.362 e. The van der Waals surface area contributed by atoms with Crippen LogP contribution in [-0.2, 0) is 13.0 Å². The van der Waals surface area contributed by atoms with E-state index in [-0.39, 0.29) is 12.1 Å². The summed E-state index contributed by atoms with van der Waals surface area (Å²) in [4.78, 5) is 2.18. The monoisotopic (exact) mass is 365 g/mol. The van der Waals surface area contributed by atoms with Crippen LogP contribution in [0.4, 0.5) is 10.1 Å². The molecular weight excluding hydrogens is 345 g/mol. The third-order valence-electron chi connectivity index (χ3n) is 5.68. The number of halogens is 1. The van der Waals surface area contributed by atoms with E-state index in [0.717, 1.165) is 30.9 Å². The molecule has 0 saturated heterocycles. The molecule has 0 unspecified atom stereocenters. The van der Waals surface area contributed by atoms with Crippen molar-refractivity contribution in [2.24, 2.45) is 0 Å². The van der Waals surface area contributed by atoms with E-state index in [0.29, 0.717) is 17.8 Å². The first kappa shape index (κ1) is 16.3. The third kappa shape index (κ3) is 2.28. The molecule has 7 nitrogen and oxygen atoms in total. The number of rotatable bonds is 1. The number of hydrogen-bond donors (Lipinski definition) is 1. The number of nitrogens with zero attached hydrogens (tertiary/aromatic N) is 6. The van der Waals surface area contributed by atoms with Gasteiger partial charge in [0.15, 0.2) is 5.82 Å². The lowest BCUT2D eigenvalue weighted by Gasteiger charge is -2.34. The van der Waals surface area contributed by atoms with Gasteiger partial charge in [0, 0.05) is 18.2 Å². The van der Waals surface area contributed by atoms with Crippen LogP contribution in [0.15, 0.2) is 18.3 Å². The first-order chi connectivity index (χ1) is 13.1. The Morgan fingerprint density at radius 1 is 1.33 bits per heavy atom. The maximum absolute atomic E-state index is 14.5. The molecule has 27 heavy (non-hydrogen) atoms. The van der Waals surface area contributed by atoms with E-state index in [1.54, 1.807) is 6.07 Å². The molecule has 5 rings (SSSR count). The fraction of sp³-hybridized carbons (Fsp3) is 0.421. The first-order valence-corrected chi connectivity index (χ1v) is 9.23. The fourth-order valence-corrected chi connectivity index (χ4v) is 4.40. The number of nitrogens with one attached hydrogen (secondary N) is 1. The van der Waals surface area contributed by atoms with Gasteiger partial charge in [0.2, 0.25) is 0 Å². The molecule has 3 aromatic rings. The van der Waals surface area contributed by atoms with Gasteiger partial charge >= 0.3 is 0 Å². The van der Waals surface area contributed by atoms with Gasteiger partial charge in [-0.05, 0) is 38.9 Å². The second-order valence-corrected chi connectivity index (χ2v) is 7.38. The Morgan fingerprint density at radius 3 is 3.00 bits per heavy atom. The average molecular weight is 365 g/mol. The quantitative estimate of drug-likeness (QED) is 0.716. The number of nitriles is 1. The molecule has 2 atom stereocenters. The van der Waals surface area contributed by atoms with Crippen LogP contribution in [0.25, 0.3) is 5.52 Å². The van der Waals surface area contributed by atoms with Crippen LogP contribution in [0.2, 0.25) is 0 Å². The van der Waals surface area contributed by atoms with Crippen LogP contribution < -0.4 is 10.2 Å². The van der Waals surface area contributed by atoms with Gasteiger partial charge in [-0.15, -0.1) is 0 Å². The number of hydrogen-bond acceptors (Lipinski definition) is 5. The second kappa shape index (κ2) is 5.79. The van der Waals surface area contributed by atoms with Crippen molar-refractivity contribution in [1.82, 2.24) is 24.7 Å². The predicted octanol–water partition coefficient (Wildman–Crippen LogP) is 2.33. The van der Waals surface area contributed by atoms with E-state index in [2.05, 4.69) is 39.9 Å². The first-order valence-electron chi connectivity index (χ1n) is 9.23. The van der Waals surface area contributed by atoms with Gasteiger partial charge in [-0.1, -0.05) is 0 Å². The standard InChI is InChI=1S/C19H20FN7/c1-11-9-25(10-17-14-5-6-22-12(2)18(14)24-26(11)17)16-4-3-13(7-21)27-19(16)15(20)8-23-27/h3-4,8,11-12,22H,5-6,9-10H2,1-2H3/t11-,12-/m1/s1. The summed E-state index contributed by atoms with van der Waals surface area (Å²) in [6.07, 6.45) is 2.13. The zero-order valence-electron chi connectivity index (χ0n) is 15.3. The Balaban J connectivity index is 1.63. The lowest BCUT2D eigenvalue weighted by molar-refractivity contribution is 0.421. The number of fused-ring (bicyclic) bond motifs is 4. The van der Waals surface area contributed by atoms with Gasteiger partial charge in [-0.3, -0.25) is 4.68 Å². The van der Waals surface area contributed by atoms with Crippen LogP contribution in [0, 0.1) is 17.1 Å². The van der Waals surface area contributed by atoms with Crippen molar-refractivity contribution in [2.45, 2.75) is 38.9 Å². The summed E-state index contributed by atoms with van der Waals surface area (Å²) < 4.78 is 18.0. The van der Waals surface area contributed by atoms with Crippen LogP contribution in [0.5, 0.6) is 0 Å². The zero-order chi connectivity index (χ0) is 18.7. The van der Waals surface area contributed by atoms with E-state index in [9.17, 15) is 9.65 Å². The Morgan fingerprint density at radius 2 is 2.19 bits per heavy atom. The minimum absolute atomic E-state index is 0.174. The molecular formula is C19H20FN7. The van der Waals surface area contributed by atoms with Gasteiger partial charge in [0.05, 0.1) is 35.9 Å². The SMILES string of the molecule is C[C@@H]1CN(c2ccc(C#N)n3ncc(F)c23)Cc2c3c(nn21)[C@@H](C)NCC3. The van der Waals surface area contributed by atoms with Crippen molar-refractivity contribution < 1.29 is 4.39 Å². The lowest BCUT2D eigenvalue weighted by atomic mass is 9.99. The van der Waals surface area contributed by atoms with Crippen LogP contribution in [0.3, 0.4) is 0 Å². The van der Waals surface area contributed by atoms with E-state index in [4.69, 9.17) is 5.10 Å². The van der Waals surface area contributed by atoms with Crippen molar-refractivity contribution in [3.8, 4) is 6.07 Å². The van der Waals surface area contributed by atoms with Gasteiger partial charge in [-0.2, -0.15) is 15.5 Å². The third-order valence-corrected chi connectivity index (χ3v) is 5.68. The summed E-state index contributed by atoms with van der Waals surface area (Å²) in [6.45, 7) is 6.62. The van der Waals surface area contributed by atoms with Gasteiger partial charge in [0.25, 0.3) is 0 Å². The smallest absolute Gasteiger partial charge is 0.171 e. The topological polar surface area (TPSA) is 74.2 Å². The fourth-order valence-electron chi connectivity index (χ4n) is 4.40. The summed E-state index contributed by atoms with van der Waals surface area (Å²) in [5, 5.41) is 21.7. The zero-order valence-corrected chi connectivity index (χ0v) is 15.3. The Bertz CT molecular complexity index is 1090. The molecule has 5 heterocycles. The van der Waals surface area contributed by atoms with Crippen LogP contribution >= 0.6 is 0 Å². The molecule has 0 saturated carbocycles. The molecule has 0 aliphatic carbocycles. The molecule has 2 aliphatic rings. The van der Waals surface area contributed by atoms with E-state index in [1.807, 2.05) is 6.07 Å². The number of anilines is 1. The van der Waals surface area contributed by atoms with Gasteiger partial charge in [0.1, 0.15) is 17.3 Å². The molecule has 8 heteroatoms. The van der Waals surface area contributed by atoms with Crippen LogP contribution in [0.1, 0.15) is 48.6 Å². The normalized spacial score (nSPS) is 21.8. The maximum Gasteiger partial charge on any atom is 0.171 e. The van der Waals surface area contributed by atoms with Gasteiger partial charge in [-0.25, -0.2) is 8.91 Å². The Labute approximate surface area is 156 Å². The summed E-state index contributed by atoms with van der Waals surface area (Å²) >= 11 is 0. The molecule has 1 N–H and O–H groups in total. The van der Waals surface area contributed by atoms with Crippen molar-refractivity contribution in [2.75, 3.05) is 18.0 Å². The predicted molar refractivity (Wildman–Crippen MR) is 98.0 cm³/mol. The summed E-state index contributed by atoms with van der Waals surface area (Å²) in [7, 11) is 0. The van der Waals surface area contributed by atoms with E-state index >= 15 is 0 Å². The Kier molecular flexibility index (Phi) is 3.49. The largest absolute Gasteiger partial charge is 0.362 e. The number of pyridine rings is 1. The summed E-state index contributed by atoms with van der Waals surface area (Å²) in [5.41, 5.74) is 5.10. The van der Waals surface area contributed by atoms with E-state index < -0.39 is 5.82 Å². The highest BCUT2D eigenvalue weighted by Crippen LogP contribution is 2.35. The second-order valence-electron chi connectivity index (χ2n) is 7.38. The molecule has 0 amide bonds. The highest BCUT2D eigenvalue weighted by Gasteiger charge is 2.32. The molecule has 0 radical (unpaired) electrons. The van der Waals surface area contributed by atoms with Crippen molar-refractivity contribution in [3.63, 3.8) is 0 Å². The molecule has 0 bridgehead atoms. The Hall–Kier alpha value is -2.92.